The van der Waals surface area contributed by atoms with Crippen LogP contribution in [0.5, 0.6) is 0 Å². The van der Waals surface area contributed by atoms with Crippen LogP contribution in [0.3, 0.4) is 0 Å². The number of hydrogen-bond acceptors (Lipinski definition) is 2. The van der Waals surface area contributed by atoms with Gasteiger partial charge in [0.25, 0.3) is 0 Å². The molecule has 1 fully saturated rings. The zero-order valence-electron chi connectivity index (χ0n) is 14.1. The number of amides is 1. The predicted octanol–water partition coefficient (Wildman–Crippen LogP) is 3.72. The molecule has 0 saturated carbocycles. The van der Waals surface area contributed by atoms with E-state index in [0.29, 0.717) is 5.91 Å². The van der Waals surface area contributed by atoms with E-state index in [9.17, 15) is 4.79 Å². The van der Waals surface area contributed by atoms with Crippen molar-refractivity contribution >= 4 is 5.91 Å². The molecule has 118 valence electrons. The molecule has 0 aromatic rings. The first-order chi connectivity index (χ1) is 9.30. The lowest BCUT2D eigenvalue weighted by molar-refractivity contribution is -0.141. The minimum absolute atomic E-state index is 0.243. The van der Waals surface area contributed by atoms with Crippen LogP contribution in [0.1, 0.15) is 60.3 Å². The van der Waals surface area contributed by atoms with Crippen molar-refractivity contribution in [2.45, 2.75) is 60.3 Å². The fourth-order valence-corrected chi connectivity index (χ4v) is 2.57. The molecule has 0 aromatic heterocycles. The molecule has 1 rings (SSSR count). The second-order valence-electron chi connectivity index (χ2n) is 7.57. The van der Waals surface area contributed by atoms with E-state index < -0.39 is 0 Å². The van der Waals surface area contributed by atoms with Crippen molar-refractivity contribution in [1.82, 2.24) is 4.90 Å². The van der Waals surface area contributed by atoms with Crippen LogP contribution >= 0.6 is 0 Å². The van der Waals surface area contributed by atoms with E-state index in [-0.39, 0.29) is 5.41 Å². The van der Waals surface area contributed by atoms with E-state index in [1.54, 1.807) is 0 Å². The lowest BCUT2D eigenvalue weighted by Gasteiger charge is -2.35. The fourth-order valence-electron chi connectivity index (χ4n) is 2.57. The van der Waals surface area contributed by atoms with Gasteiger partial charge in [-0.15, -0.1) is 0 Å². The summed E-state index contributed by atoms with van der Waals surface area (Å²) in [6.07, 6.45) is 4.57. The lowest BCUT2D eigenvalue weighted by atomic mass is 9.90. The van der Waals surface area contributed by atoms with Crippen LogP contribution in [0, 0.1) is 17.3 Å². The summed E-state index contributed by atoms with van der Waals surface area (Å²) in [6, 6.07) is 0. The van der Waals surface area contributed by atoms with E-state index in [1.807, 2.05) is 25.7 Å². The average molecular weight is 283 g/mol. The maximum atomic E-state index is 12.2. The number of rotatable bonds is 6. The van der Waals surface area contributed by atoms with Crippen LogP contribution in [-0.2, 0) is 9.53 Å². The van der Waals surface area contributed by atoms with Gasteiger partial charge >= 0.3 is 0 Å². The number of piperidine rings is 1. The minimum atomic E-state index is -0.243. The van der Waals surface area contributed by atoms with Crippen molar-refractivity contribution < 1.29 is 9.53 Å². The monoisotopic (exact) mass is 283 g/mol. The Bertz CT molecular complexity index is 286. The normalized spacial score (nSPS) is 17.8. The highest BCUT2D eigenvalue weighted by atomic mass is 16.5. The number of carbonyl (C=O) groups is 1. The molecule has 0 atom stereocenters. The second kappa shape index (κ2) is 8.02. The zero-order valence-corrected chi connectivity index (χ0v) is 14.1. The van der Waals surface area contributed by atoms with Crippen LogP contribution in [0.15, 0.2) is 0 Å². The first kappa shape index (κ1) is 17.5. The summed E-state index contributed by atoms with van der Waals surface area (Å²) in [7, 11) is 0. The van der Waals surface area contributed by atoms with Crippen LogP contribution < -0.4 is 0 Å². The summed E-state index contributed by atoms with van der Waals surface area (Å²) in [5.74, 6) is 1.75. The van der Waals surface area contributed by atoms with Gasteiger partial charge in [0.1, 0.15) is 0 Å². The summed E-state index contributed by atoms with van der Waals surface area (Å²) >= 11 is 0. The lowest BCUT2D eigenvalue weighted by Crippen LogP contribution is -2.44. The first-order valence-electron chi connectivity index (χ1n) is 8.18. The number of nitrogens with zero attached hydrogens (tertiary/aromatic N) is 1. The van der Waals surface area contributed by atoms with Gasteiger partial charge in [-0.2, -0.15) is 0 Å². The Hall–Kier alpha value is -0.570. The van der Waals surface area contributed by atoms with Gasteiger partial charge in [0.2, 0.25) is 5.91 Å². The molecule has 1 heterocycles. The Labute approximate surface area is 125 Å². The molecule has 1 aliphatic heterocycles. The van der Waals surface area contributed by atoms with E-state index in [4.69, 9.17) is 4.74 Å². The highest BCUT2D eigenvalue weighted by Gasteiger charge is 2.30. The third-order valence-corrected chi connectivity index (χ3v) is 4.05. The highest BCUT2D eigenvalue weighted by molar-refractivity contribution is 5.81. The predicted molar refractivity (Wildman–Crippen MR) is 83.7 cm³/mol. The standard InChI is InChI=1S/C17H33NO2/c1-14(2)8-12-20-13-9-15-6-10-18(11-7-15)16(19)17(3,4)5/h14-15H,6-13H2,1-5H3. The molecule has 1 amide bonds. The zero-order chi connectivity index (χ0) is 15.2. The third-order valence-electron chi connectivity index (χ3n) is 4.05. The van der Waals surface area contributed by atoms with E-state index in [0.717, 1.165) is 63.8 Å². The summed E-state index contributed by atoms with van der Waals surface area (Å²) in [5.41, 5.74) is -0.243. The fraction of sp³-hybridized carbons (Fsp3) is 0.941. The summed E-state index contributed by atoms with van der Waals surface area (Å²) in [5, 5.41) is 0. The van der Waals surface area contributed by atoms with Gasteiger partial charge in [-0.1, -0.05) is 34.6 Å². The quantitative estimate of drug-likeness (QED) is 0.695. The Morgan fingerprint density at radius 2 is 1.80 bits per heavy atom. The van der Waals surface area contributed by atoms with E-state index in [1.165, 1.54) is 0 Å². The van der Waals surface area contributed by atoms with Gasteiger partial charge in [-0.05, 0) is 37.5 Å². The van der Waals surface area contributed by atoms with Gasteiger partial charge in [0.05, 0.1) is 0 Å². The van der Waals surface area contributed by atoms with Crippen LogP contribution in [0.2, 0.25) is 0 Å². The highest BCUT2D eigenvalue weighted by Crippen LogP contribution is 2.25. The molecular formula is C17H33NO2. The van der Waals surface area contributed by atoms with Gasteiger partial charge in [0.15, 0.2) is 0 Å². The summed E-state index contributed by atoms with van der Waals surface area (Å²) < 4.78 is 5.70. The summed E-state index contributed by atoms with van der Waals surface area (Å²) in [6.45, 7) is 14.1. The van der Waals surface area contributed by atoms with Crippen LogP contribution in [0.25, 0.3) is 0 Å². The third kappa shape index (κ3) is 6.25. The van der Waals surface area contributed by atoms with E-state index in [2.05, 4.69) is 13.8 Å². The SMILES string of the molecule is CC(C)CCOCCC1CCN(C(=O)C(C)(C)C)CC1. The van der Waals surface area contributed by atoms with Crippen LogP contribution in [0.4, 0.5) is 0 Å². The Balaban J connectivity index is 2.15. The van der Waals surface area contributed by atoms with Crippen LogP contribution in [-0.4, -0.2) is 37.1 Å². The van der Waals surface area contributed by atoms with Crippen molar-refractivity contribution in [3.8, 4) is 0 Å². The molecule has 1 saturated heterocycles. The van der Waals surface area contributed by atoms with Crippen molar-refractivity contribution in [3.63, 3.8) is 0 Å². The number of carbonyl (C=O) groups excluding carboxylic acids is 1. The largest absolute Gasteiger partial charge is 0.381 e. The molecular weight excluding hydrogens is 250 g/mol. The second-order valence-corrected chi connectivity index (χ2v) is 7.57. The molecule has 0 radical (unpaired) electrons. The number of ether oxygens (including phenoxy) is 1. The Morgan fingerprint density at radius 1 is 1.20 bits per heavy atom. The van der Waals surface area contributed by atoms with E-state index >= 15 is 0 Å². The van der Waals surface area contributed by atoms with Gasteiger partial charge < -0.3 is 9.64 Å². The Morgan fingerprint density at radius 3 is 2.30 bits per heavy atom. The molecule has 0 unspecified atom stereocenters. The average Bonchev–Trinajstić information content (AvgIpc) is 2.37. The molecule has 20 heavy (non-hydrogen) atoms. The molecule has 1 aliphatic rings. The van der Waals surface area contributed by atoms with Crippen molar-refractivity contribution in [3.05, 3.63) is 0 Å². The van der Waals surface area contributed by atoms with Crippen molar-refractivity contribution in [1.29, 1.82) is 0 Å². The van der Waals surface area contributed by atoms with Gasteiger partial charge in [-0.3, -0.25) is 4.79 Å². The number of likely N-dealkylation sites (tertiary alicyclic amines) is 1. The smallest absolute Gasteiger partial charge is 0.227 e. The molecule has 0 spiro atoms. The van der Waals surface area contributed by atoms with Gasteiger partial charge in [-0.25, -0.2) is 0 Å². The topological polar surface area (TPSA) is 29.5 Å². The molecule has 0 N–H and O–H groups in total. The summed E-state index contributed by atoms with van der Waals surface area (Å²) in [4.78, 5) is 14.2. The minimum Gasteiger partial charge on any atom is -0.381 e. The molecule has 3 heteroatoms. The maximum Gasteiger partial charge on any atom is 0.227 e. The first-order valence-corrected chi connectivity index (χ1v) is 8.18. The number of hydrogen-bond donors (Lipinski definition) is 0. The van der Waals surface area contributed by atoms with Gasteiger partial charge in [0, 0.05) is 31.7 Å². The molecule has 0 aromatic carbocycles. The molecule has 0 bridgehead atoms. The molecule has 0 aliphatic carbocycles. The van der Waals surface area contributed by atoms with Crippen molar-refractivity contribution in [2.24, 2.45) is 17.3 Å². The maximum absolute atomic E-state index is 12.2. The molecule has 3 nitrogen and oxygen atoms in total. The van der Waals surface area contributed by atoms with Crippen molar-refractivity contribution in [2.75, 3.05) is 26.3 Å². The Kier molecular flexibility index (Phi) is 7.01.